The Hall–Kier alpha value is -2.02. The minimum atomic E-state index is 0.385. The zero-order valence-electron chi connectivity index (χ0n) is 12.0. The molecule has 2 aromatic heterocycles. The normalized spacial score (nSPS) is 13.2. The number of aryl methyl sites for hydroxylation is 3. The number of hydrogen-bond acceptors (Lipinski definition) is 5. The van der Waals surface area contributed by atoms with Gasteiger partial charge in [0.15, 0.2) is 5.82 Å². The first-order valence-corrected chi connectivity index (χ1v) is 7.45. The molecule has 110 valence electrons. The van der Waals surface area contributed by atoms with Gasteiger partial charge < -0.3 is 11.1 Å². The van der Waals surface area contributed by atoms with E-state index < -0.39 is 0 Å². The highest BCUT2D eigenvalue weighted by molar-refractivity contribution is 7.80. The van der Waals surface area contributed by atoms with E-state index in [2.05, 4.69) is 26.4 Å². The van der Waals surface area contributed by atoms with Crippen LogP contribution in [-0.4, -0.2) is 31.3 Å². The summed E-state index contributed by atoms with van der Waals surface area (Å²) in [5, 5.41) is 7.57. The van der Waals surface area contributed by atoms with Crippen LogP contribution < -0.4 is 11.1 Å². The molecule has 3 rings (SSSR count). The van der Waals surface area contributed by atoms with E-state index in [0.29, 0.717) is 11.5 Å². The number of nitrogens with zero attached hydrogens (tertiary/aromatic N) is 4. The number of hydrogen-bond donors (Lipinski definition) is 2. The number of rotatable bonds is 5. The number of pyridine rings is 1. The second-order valence-electron chi connectivity index (χ2n) is 5.22. The Kier molecular flexibility index (Phi) is 3.83. The van der Waals surface area contributed by atoms with E-state index in [1.165, 1.54) is 5.56 Å². The maximum Gasteiger partial charge on any atom is 0.152 e. The van der Waals surface area contributed by atoms with Crippen LogP contribution in [0.3, 0.4) is 0 Å². The van der Waals surface area contributed by atoms with Crippen molar-refractivity contribution in [2.75, 3.05) is 11.9 Å². The molecule has 0 saturated carbocycles. The number of thiocarbonyl (C=S) groups is 1. The van der Waals surface area contributed by atoms with Gasteiger partial charge in [-0.3, -0.25) is 4.68 Å². The van der Waals surface area contributed by atoms with Crippen LogP contribution in [0, 0.1) is 0 Å². The van der Waals surface area contributed by atoms with E-state index in [1.54, 1.807) is 11.0 Å². The van der Waals surface area contributed by atoms with E-state index in [0.717, 1.165) is 48.6 Å². The fraction of sp³-hybridized carbons (Fsp3) is 0.429. The summed E-state index contributed by atoms with van der Waals surface area (Å²) in [7, 11) is 1.86. The molecule has 7 heteroatoms. The summed E-state index contributed by atoms with van der Waals surface area (Å²) in [5.74, 6) is 1.59. The second-order valence-corrected chi connectivity index (χ2v) is 5.66. The molecule has 0 aliphatic heterocycles. The first-order valence-electron chi connectivity index (χ1n) is 7.04. The molecule has 0 atom stereocenters. The molecule has 1 aliphatic carbocycles. The maximum atomic E-state index is 5.82. The highest BCUT2D eigenvalue weighted by Gasteiger charge is 2.17. The van der Waals surface area contributed by atoms with Gasteiger partial charge in [-0.1, -0.05) is 12.2 Å². The third kappa shape index (κ3) is 3.02. The maximum absolute atomic E-state index is 5.82. The van der Waals surface area contributed by atoms with Gasteiger partial charge in [-0.15, -0.1) is 0 Å². The lowest BCUT2D eigenvalue weighted by Crippen LogP contribution is -2.17. The van der Waals surface area contributed by atoms with Crippen LogP contribution in [-0.2, 0) is 26.3 Å². The lowest BCUT2D eigenvalue weighted by atomic mass is 10.1. The van der Waals surface area contributed by atoms with Gasteiger partial charge in [0.05, 0.1) is 5.56 Å². The second kappa shape index (κ2) is 5.77. The molecule has 1 aliphatic rings. The first-order chi connectivity index (χ1) is 10.1. The largest absolute Gasteiger partial charge is 0.389 e. The molecule has 0 amide bonds. The van der Waals surface area contributed by atoms with Crippen LogP contribution in [0.4, 0.5) is 5.82 Å². The van der Waals surface area contributed by atoms with Crippen LogP contribution in [0.1, 0.15) is 29.1 Å². The van der Waals surface area contributed by atoms with E-state index in [-0.39, 0.29) is 0 Å². The Balaban J connectivity index is 1.73. The third-order valence-corrected chi connectivity index (χ3v) is 3.82. The quantitative estimate of drug-likeness (QED) is 0.802. The summed E-state index contributed by atoms with van der Waals surface area (Å²) in [6.07, 6.45) is 5.68. The van der Waals surface area contributed by atoms with Gasteiger partial charge in [0.25, 0.3) is 0 Å². The van der Waals surface area contributed by atoms with Gasteiger partial charge in [-0.25, -0.2) is 9.97 Å². The lowest BCUT2D eigenvalue weighted by molar-refractivity contribution is 0.741. The van der Waals surface area contributed by atoms with Crippen molar-refractivity contribution in [2.45, 2.75) is 25.7 Å². The Morgan fingerprint density at radius 3 is 3.05 bits per heavy atom. The summed E-state index contributed by atoms with van der Waals surface area (Å²) < 4.78 is 1.70. The van der Waals surface area contributed by atoms with Crippen molar-refractivity contribution in [2.24, 2.45) is 12.8 Å². The van der Waals surface area contributed by atoms with Crippen molar-refractivity contribution in [1.82, 2.24) is 19.7 Å². The van der Waals surface area contributed by atoms with Crippen molar-refractivity contribution in [3.63, 3.8) is 0 Å². The van der Waals surface area contributed by atoms with Gasteiger partial charge in [-0.2, -0.15) is 5.10 Å². The molecule has 2 heterocycles. The van der Waals surface area contributed by atoms with E-state index in [1.807, 2.05) is 7.05 Å². The molecule has 0 unspecified atom stereocenters. The van der Waals surface area contributed by atoms with Crippen LogP contribution in [0.25, 0.3) is 0 Å². The SMILES string of the molecule is Cn1cnc(CCNc2nc3c(cc2C(N)=S)CCC3)n1. The van der Waals surface area contributed by atoms with E-state index >= 15 is 0 Å². The summed E-state index contributed by atoms with van der Waals surface area (Å²) in [6.45, 7) is 0.700. The van der Waals surface area contributed by atoms with Crippen LogP contribution >= 0.6 is 12.2 Å². The summed E-state index contributed by atoms with van der Waals surface area (Å²) in [5.41, 5.74) is 9.08. The number of nitrogens with one attached hydrogen (secondary N) is 1. The van der Waals surface area contributed by atoms with Crippen LogP contribution in [0.2, 0.25) is 0 Å². The van der Waals surface area contributed by atoms with Crippen molar-refractivity contribution < 1.29 is 0 Å². The molecule has 0 spiro atoms. The van der Waals surface area contributed by atoms with Gasteiger partial charge in [0.1, 0.15) is 17.1 Å². The predicted molar refractivity (Wildman–Crippen MR) is 85.3 cm³/mol. The summed E-state index contributed by atoms with van der Waals surface area (Å²) in [6, 6.07) is 2.08. The molecule has 0 bridgehead atoms. The minimum Gasteiger partial charge on any atom is -0.389 e. The van der Waals surface area contributed by atoms with Crippen molar-refractivity contribution >= 4 is 23.0 Å². The molecule has 0 aromatic carbocycles. The highest BCUT2D eigenvalue weighted by atomic mass is 32.1. The van der Waals surface area contributed by atoms with Crippen molar-refractivity contribution in [3.8, 4) is 0 Å². The molecular weight excluding hydrogens is 284 g/mol. The average Bonchev–Trinajstić information content (AvgIpc) is 3.06. The fourth-order valence-electron chi connectivity index (χ4n) is 2.59. The lowest BCUT2D eigenvalue weighted by Gasteiger charge is -2.12. The minimum absolute atomic E-state index is 0.385. The van der Waals surface area contributed by atoms with E-state index in [4.69, 9.17) is 18.0 Å². The van der Waals surface area contributed by atoms with Crippen LogP contribution in [0.5, 0.6) is 0 Å². The molecule has 3 N–H and O–H groups in total. The number of anilines is 1. The smallest absolute Gasteiger partial charge is 0.152 e. The number of nitrogens with two attached hydrogens (primary N) is 1. The fourth-order valence-corrected chi connectivity index (χ4v) is 2.74. The zero-order chi connectivity index (χ0) is 14.8. The Labute approximate surface area is 128 Å². The standard InChI is InChI=1S/C14H18N6S/c1-20-8-17-12(19-20)5-6-16-14-10(13(15)21)7-9-3-2-4-11(9)18-14/h7-8H,2-6H2,1H3,(H2,15,21)(H,16,18). The molecule has 0 fully saturated rings. The van der Waals surface area contributed by atoms with Gasteiger partial charge in [0.2, 0.25) is 0 Å². The van der Waals surface area contributed by atoms with Gasteiger partial charge in [0, 0.05) is 25.7 Å². The van der Waals surface area contributed by atoms with Crippen molar-refractivity contribution in [3.05, 3.63) is 35.0 Å². The molecular formula is C14H18N6S. The molecule has 6 nitrogen and oxygen atoms in total. The van der Waals surface area contributed by atoms with Crippen molar-refractivity contribution in [1.29, 1.82) is 0 Å². The monoisotopic (exact) mass is 302 g/mol. The first kappa shape index (κ1) is 13.9. The molecule has 0 radical (unpaired) electrons. The Morgan fingerprint density at radius 2 is 2.33 bits per heavy atom. The predicted octanol–water partition coefficient (Wildman–Crippen LogP) is 0.988. The van der Waals surface area contributed by atoms with Gasteiger partial charge >= 0.3 is 0 Å². The zero-order valence-corrected chi connectivity index (χ0v) is 12.8. The van der Waals surface area contributed by atoms with Crippen LogP contribution in [0.15, 0.2) is 12.4 Å². The average molecular weight is 302 g/mol. The third-order valence-electron chi connectivity index (χ3n) is 3.60. The Morgan fingerprint density at radius 1 is 1.48 bits per heavy atom. The summed E-state index contributed by atoms with van der Waals surface area (Å²) >= 11 is 5.14. The molecule has 21 heavy (non-hydrogen) atoms. The molecule has 2 aromatic rings. The highest BCUT2D eigenvalue weighted by Crippen LogP contribution is 2.25. The Bertz CT molecular complexity index is 678. The van der Waals surface area contributed by atoms with Gasteiger partial charge in [-0.05, 0) is 30.9 Å². The topological polar surface area (TPSA) is 81.7 Å². The summed E-state index contributed by atoms with van der Waals surface area (Å²) in [4.78, 5) is 9.27. The van der Waals surface area contributed by atoms with E-state index in [9.17, 15) is 0 Å². The number of aromatic nitrogens is 4. The number of fused-ring (bicyclic) bond motifs is 1. The molecule has 0 saturated heterocycles.